The minimum Gasteiger partial charge on any atom is -0.497 e. The molecule has 0 fully saturated rings. The lowest BCUT2D eigenvalue weighted by Crippen LogP contribution is -2.33. The Hall–Kier alpha value is -3.55. The van der Waals surface area contributed by atoms with Crippen molar-refractivity contribution in [1.82, 2.24) is 4.90 Å². The van der Waals surface area contributed by atoms with Crippen molar-refractivity contribution in [2.75, 3.05) is 20.4 Å². The molecule has 0 atom stereocenters. The minimum absolute atomic E-state index is 0.139. The van der Waals surface area contributed by atoms with Crippen LogP contribution in [0.4, 0.5) is 0 Å². The maximum Gasteiger partial charge on any atom is 0.232 e. The summed E-state index contributed by atoms with van der Waals surface area (Å²) in [5.74, 6) is 2.91. The van der Waals surface area contributed by atoms with Crippen LogP contribution >= 0.6 is 0 Å². The van der Waals surface area contributed by atoms with E-state index >= 15 is 0 Å². The standard InChI is InChI=1S/C24H21NO5.C3H8O/c1-27-17-6-4-16(5-7-17)10-11-25-14-20-21(29-15-25)9-8-19-23(26)22(30-24(19)20)13-18-3-2-12-28-18;1-3(2)4/h2-9,12-13H,10-11,14-15H2,1H3;3-4H,1-2H3. The number of rotatable bonds is 5. The van der Waals surface area contributed by atoms with E-state index in [-0.39, 0.29) is 17.6 Å². The van der Waals surface area contributed by atoms with Crippen molar-refractivity contribution in [2.24, 2.45) is 0 Å². The first kappa shape index (κ1) is 23.6. The number of carbonyl (C=O) groups is 1. The highest BCUT2D eigenvalue weighted by molar-refractivity contribution is 6.14. The smallest absolute Gasteiger partial charge is 0.232 e. The van der Waals surface area contributed by atoms with E-state index in [4.69, 9.17) is 23.7 Å². The molecular formula is C27H29NO6. The van der Waals surface area contributed by atoms with Gasteiger partial charge in [-0.15, -0.1) is 0 Å². The monoisotopic (exact) mass is 463 g/mol. The normalized spacial score (nSPS) is 15.8. The first-order chi connectivity index (χ1) is 16.4. The number of allylic oxidation sites excluding steroid dienone is 1. The van der Waals surface area contributed by atoms with Gasteiger partial charge in [0.1, 0.15) is 29.7 Å². The number of furan rings is 1. The third-order valence-corrected chi connectivity index (χ3v) is 5.37. The van der Waals surface area contributed by atoms with E-state index in [0.29, 0.717) is 30.3 Å². The molecule has 0 bridgehead atoms. The summed E-state index contributed by atoms with van der Waals surface area (Å²) in [4.78, 5) is 15.0. The molecule has 1 N–H and O–H groups in total. The number of nitrogens with zero attached hydrogens (tertiary/aromatic N) is 1. The van der Waals surface area contributed by atoms with Crippen LogP contribution in [0.3, 0.4) is 0 Å². The number of fused-ring (bicyclic) bond motifs is 3. The van der Waals surface area contributed by atoms with Gasteiger partial charge in [0.15, 0.2) is 5.76 Å². The minimum atomic E-state index is -0.167. The lowest BCUT2D eigenvalue weighted by Gasteiger charge is -2.29. The quantitative estimate of drug-likeness (QED) is 0.550. The molecule has 0 spiro atoms. The van der Waals surface area contributed by atoms with Crippen LogP contribution < -0.4 is 14.2 Å². The van der Waals surface area contributed by atoms with Gasteiger partial charge in [-0.2, -0.15) is 0 Å². The van der Waals surface area contributed by atoms with Gasteiger partial charge in [0.25, 0.3) is 0 Å². The zero-order chi connectivity index (χ0) is 24.1. The molecule has 178 valence electrons. The van der Waals surface area contributed by atoms with Crippen LogP contribution in [0.5, 0.6) is 17.2 Å². The zero-order valence-corrected chi connectivity index (χ0v) is 19.6. The summed E-state index contributed by atoms with van der Waals surface area (Å²) in [5.41, 5.74) is 2.70. The summed E-state index contributed by atoms with van der Waals surface area (Å²) in [6, 6.07) is 15.3. The van der Waals surface area contributed by atoms with E-state index in [0.717, 1.165) is 30.0 Å². The van der Waals surface area contributed by atoms with Crippen molar-refractivity contribution in [3.05, 3.63) is 83.0 Å². The highest BCUT2D eigenvalue weighted by Crippen LogP contribution is 2.42. The molecule has 2 aliphatic rings. The molecule has 0 amide bonds. The predicted molar refractivity (Wildman–Crippen MR) is 128 cm³/mol. The Kier molecular flexibility index (Phi) is 7.35. The Morgan fingerprint density at radius 1 is 1.15 bits per heavy atom. The first-order valence-corrected chi connectivity index (χ1v) is 11.2. The van der Waals surface area contributed by atoms with Gasteiger partial charge in [0.2, 0.25) is 5.78 Å². The second-order valence-electron chi connectivity index (χ2n) is 8.39. The molecule has 3 heterocycles. The number of methoxy groups -OCH3 is 1. The summed E-state index contributed by atoms with van der Waals surface area (Å²) in [7, 11) is 1.66. The fraction of sp³-hybridized carbons (Fsp3) is 0.296. The molecule has 3 aromatic rings. The number of aliphatic hydroxyl groups is 1. The van der Waals surface area contributed by atoms with E-state index < -0.39 is 0 Å². The average molecular weight is 464 g/mol. The number of hydrogen-bond acceptors (Lipinski definition) is 7. The van der Waals surface area contributed by atoms with E-state index in [9.17, 15) is 4.79 Å². The van der Waals surface area contributed by atoms with Gasteiger partial charge < -0.3 is 23.7 Å². The highest BCUT2D eigenvalue weighted by Gasteiger charge is 2.33. The van der Waals surface area contributed by atoms with Gasteiger partial charge in [0.05, 0.1) is 24.5 Å². The summed E-state index contributed by atoms with van der Waals surface area (Å²) < 4.78 is 22.4. The van der Waals surface area contributed by atoms with Crippen molar-refractivity contribution in [3.63, 3.8) is 0 Å². The number of benzene rings is 2. The molecule has 34 heavy (non-hydrogen) atoms. The Bertz CT molecular complexity index is 1150. The molecule has 7 heteroatoms. The molecule has 2 aliphatic heterocycles. The largest absolute Gasteiger partial charge is 0.497 e. The van der Waals surface area contributed by atoms with Gasteiger partial charge >= 0.3 is 0 Å². The average Bonchev–Trinajstić information content (AvgIpc) is 3.46. The Morgan fingerprint density at radius 3 is 2.59 bits per heavy atom. The summed E-state index contributed by atoms with van der Waals surface area (Å²) >= 11 is 0. The van der Waals surface area contributed by atoms with Gasteiger partial charge in [-0.05, 0) is 62.2 Å². The molecule has 0 radical (unpaired) electrons. The predicted octanol–water partition coefficient (Wildman–Crippen LogP) is 4.69. The van der Waals surface area contributed by atoms with Crippen LogP contribution in [-0.4, -0.2) is 42.3 Å². The van der Waals surface area contributed by atoms with Gasteiger partial charge in [0, 0.05) is 25.3 Å². The van der Waals surface area contributed by atoms with Crippen LogP contribution in [0, 0.1) is 0 Å². The van der Waals surface area contributed by atoms with Crippen molar-refractivity contribution >= 4 is 11.9 Å². The van der Waals surface area contributed by atoms with Crippen LogP contribution in [0.2, 0.25) is 0 Å². The first-order valence-electron chi connectivity index (χ1n) is 11.2. The van der Waals surface area contributed by atoms with E-state index in [2.05, 4.69) is 17.0 Å². The SMILES string of the molecule is CC(C)O.COc1ccc(CCN2COc3ccc4c(c3C2)OC(=Cc2ccco2)C4=O)cc1. The molecule has 0 saturated carbocycles. The summed E-state index contributed by atoms with van der Waals surface area (Å²) in [5, 5.41) is 8.06. The molecule has 2 aromatic carbocycles. The number of hydrogen-bond donors (Lipinski definition) is 1. The fourth-order valence-electron chi connectivity index (χ4n) is 3.73. The molecule has 0 aliphatic carbocycles. The number of Topliss-reactive ketones (excluding diaryl/α,β-unsaturated/α-hetero) is 1. The van der Waals surface area contributed by atoms with Gasteiger partial charge in [-0.25, -0.2) is 0 Å². The van der Waals surface area contributed by atoms with Crippen LogP contribution in [0.15, 0.2) is 65.0 Å². The summed E-state index contributed by atoms with van der Waals surface area (Å²) in [6.45, 7) is 5.44. The third kappa shape index (κ3) is 5.50. The molecule has 1 aromatic heterocycles. The molecule has 0 unspecified atom stereocenters. The maximum atomic E-state index is 12.8. The topological polar surface area (TPSA) is 81.4 Å². The van der Waals surface area contributed by atoms with Gasteiger partial charge in [-0.1, -0.05) is 12.1 Å². The number of ketones is 1. The zero-order valence-electron chi connectivity index (χ0n) is 19.6. The lowest BCUT2D eigenvalue weighted by atomic mass is 10.0. The van der Waals surface area contributed by atoms with Crippen LogP contribution in [0.1, 0.15) is 41.1 Å². The molecule has 5 rings (SSSR count). The molecular weight excluding hydrogens is 434 g/mol. The fourth-order valence-corrected chi connectivity index (χ4v) is 3.73. The highest BCUT2D eigenvalue weighted by atomic mass is 16.5. The Morgan fingerprint density at radius 2 is 1.91 bits per heavy atom. The number of carbonyl (C=O) groups excluding carboxylic acids is 1. The van der Waals surface area contributed by atoms with Crippen molar-refractivity contribution in [2.45, 2.75) is 32.9 Å². The van der Waals surface area contributed by atoms with E-state index in [1.807, 2.05) is 18.2 Å². The Balaban J connectivity index is 0.000000636. The van der Waals surface area contributed by atoms with E-state index in [1.54, 1.807) is 51.5 Å². The second-order valence-corrected chi connectivity index (χ2v) is 8.39. The maximum absolute atomic E-state index is 12.8. The number of aliphatic hydroxyl groups excluding tert-OH is 1. The lowest BCUT2D eigenvalue weighted by molar-refractivity contribution is 0.0949. The van der Waals surface area contributed by atoms with Crippen molar-refractivity contribution < 1.29 is 28.5 Å². The molecule has 0 saturated heterocycles. The van der Waals surface area contributed by atoms with E-state index in [1.165, 1.54) is 5.56 Å². The Labute approximate surface area is 199 Å². The van der Waals surface area contributed by atoms with Crippen molar-refractivity contribution in [3.8, 4) is 17.2 Å². The van der Waals surface area contributed by atoms with Crippen LogP contribution in [0.25, 0.3) is 6.08 Å². The third-order valence-electron chi connectivity index (χ3n) is 5.37. The van der Waals surface area contributed by atoms with Crippen molar-refractivity contribution in [1.29, 1.82) is 0 Å². The van der Waals surface area contributed by atoms with Gasteiger partial charge in [-0.3, -0.25) is 9.69 Å². The molecule has 7 nitrogen and oxygen atoms in total. The summed E-state index contributed by atoms with van der Waals surface area (Å²) in [6.07, 6.45) is 3.91. The number of ether oxygens (including phenoxy) is 3. The second kappa shape index (κ2) is 10.6. The van der Waals surface area contributed by atoms with Crippen LogP contribution in [-0.2, 0) is 13.0 Å².